The van der Waals surface area contributed by atoms with Gasteiger partial charge in [-0.25, -0.2) is 14.4 Å². The molecule has 1 saturated heterocycles. The number of nitrogens with zero attached hydrogens (tertiary/aromatic N) is 5. The number of halogens is 1. The van der Waals surface area contributed by atoms with Gasteiger partial charge in [0, 0.05) is 61.2 Å². The van der Waals surface area contributed by atoms with Crippen LogP contribution < -0.4 is 0 Å². The van der Waals surface area contributed by atoms with Crippen LogP contribution in [-0.4, -0.2) is 48.8 Å². The summed E-state index contributed by atoms with van der Waals surface area (Å²) in [5, 5.41) is 0. The van der Waals surface area contributed by atoms with Gasteiger partial charge in [-0.3, -0.25) is 14.8 Å². The number of H-pyrrole nitrogens is 1. The first-order valence-electron chi connectivity index (χ1n) is 11.9. The van der Waals surface area contributed by atoms with Crippen molar-refractivity contribution in [1.29, 1.82) is 0 Å². The Kier molecular flexibility index (Phi) is 6.61. The van der Waals surface area contributed by atoms with E-state index in [9.17, 15) is 9.18 Å². The predicted octanol–water partition coefficient (Wildman–Crippen LogP) is 4.39. The van der Waals surface area contributed by atoms with Crippen molar-refractivity contribution in [2.75, 3.05) is 13.1 Å². The van der Waals surface area contributed by atoms with Crippen molar-refractivity contribution in [3.63, 3.8) is 0 Å². The SMILES string of the molecule is Cc1cnc(-c2nccnc2C[C@@H]2CCCN(C(=O)c3ccnc(Cc4cccc(F)c4)c3)C2)[nH]1. The van der Waals surface area contributed by atoms with Crippen molar-refractivity contribution >= 4 is 5.91 Å². The van der Waals surface area contributed by atoms with Gasteiger partial charge >= 0.3 is 0 Å². The maximum absolute atomic E-state index is 13.5. The maximum atomic E-state index is 13.5. The lowest BCUT2D eigenvalue weighted by Crippen LogP contribution is -2.40. The number of carbonyl (C=O) groups is 1. The lowest BCUT2D eigenvalue weighted by atomic mass is 9.92. The van der Waals surface area contributed by atoms with Crippen LogP contribution in [0.4, 0.5) is 4.39 Å². The second-order valence-electron chi connectivity index (χ2n) is 9.07. The third-order valence-electron chi connectivity index (χ3n) is 6.33. The van der Waals surface area contributed by atoms with Crippen LogP contribution in [0.5, 0.6) is 0 Å². The van der Waals surface area contributed by atoms with E-state index in [1.165, 1.54) is 12.1 Å². The standard InChI is InChI=1S/C27H27FN6O/c1-18-16-32-26(33-18)25-24(30-9-10-31-25)14-20-5-3-11-34(17-20)27(35)21-7-8-29-23(15-21)13-19-4-2-6-22(28)12-19/h2,4,6-10,12,15-16,20H,3,5,11,13-14,17H2,1H3,(H,32,33)/t20-/m0/s1. The number of benzene rings is 1. The molecule has 0 radical (unpaired) electrons. The molecular formula is C27H27FN6O. The Morgan fingerprint density at radius 1 is 1.11 bits per heavy atom. The van der Waals surface area contributed by atoms with Gasteiger partial charge in [0.25, 0.3) is 5.91 Å². The molecule has 5 rings (SSSR count). The maximum Gasteiger partial charge on any atom is 0.253 e. The molecule has 1 aromatic carbocycles. The summed E-state index contributed by atoms with van der Waals surface area (Å²) in [5.41, 5.74) is 4.81. The quantitative estimate of drug-likeness (QED) is 0.451. The van der Waals surface area contributed by atoms with Crippen LogP contribution in [0, 0.1) is 18.7 Å². The predicted molar refractivity (Wildman–Crippen MR) is 130 cm³/mol. The van der Waals surface area contributed by atoms with E-state index < -0.39 is 0 Å². The number of aryl methyl sites for hydroxylation is 1. The normalized spacial score (nSPS) is 15.8. The highest BCUT2D eigenvalue weighted by atomic mass is 19.1. The van der Waals surface area contributed by atoms with E-state index in [0.29, 0.717) is 18.5 Å². The Hall–Kier alpha value is -3.94. The molecule has 3 aromatic heterocycles. The topological polar surface area (TPSA) is 87.7 Å². The molecule has 1 aliphatic heterocycles. The molecule has 1 fully saturated rings. The number of pyridine rings is 1. The van der Waals surface area contributed by atoms with Crippen LogP contribution in [0.2, 0.25) is 0 Å². The van der Waals surface area contributed by atoms with Gasteiger partial charge < -0.3 is 9.88 Å². The zero-order valence-corrected chi connectivity index (χ0v) is 19.6. The number of piperidine rings is 1. The van der Waals surface area contributed by atoms with Crippen molar-refractivity contribution in [2.24, 2.45) is 5.92 Å². The second-order valence-corrected chi connectivity index (χ2v) is 9.07. The van der Waals surface area contributed by atoms with Gasteiger partial charge in [-0.15, -0.1) is 0 Å². The number of hydrogen-bond acceptors (Lipinski definition) is 5. The summed E-state index contributed by atoms with van der Waals surface area (Å²) in [4.78, 5) is 36.4. The molecule has 35 heavy (non-hydrogen) atoms. The van der Waals surface area contributed by atoms with Crippen LogP contribution >= 0.6 is 0 Å². The molecule has 4 heterocycles. The Morgan fingerprint density at radius 3 is 2.83 bits per heavy atom. The number of carbonyl (C=O) groups excluding carboxylic acids is 1. The number of hydrogen-bond donors (Lipinski definition) is 1. The first kappa shape index (κ1) is 22.8. The third-order valence-corrected chi connectivity index (χ3v) is 6.33. The molecule has 8 heteroatoms. The molecule has 1 atom stereocenters. The zero-order valence-electron chi connectivity index (χ0n) is 19.6. The van der Waals surface area contributed by atoms with Crippen LogP contribution in [0.1, 0.15) is 45.8 Å². The Labute approximate surface area is 203 Å². The lowest BCUT2D eigenvalue weighted by Gasteiger charge is -2.33. The molecule has 4 aromatic rings. The highest BCUT2D eigenvalue weighted by molar-refractivity contribution is 5.94. The first-order valence-corrected chi connectivity index (χ1v) is 11.9. The van der Waals surface area contributed by atoms with Gasteiger partial charge in [0.2, 0.25) is 0 Å². The highest BCUT2D eigenvalue weighted by Gasteiger charge is 2.26. The summed E-state index contributed by atoms with van der Waals surface area (Å²) < 4.78 is 13.5. The van der Waals surface area contributed by atoms with Crippen LogP contribution in [0.25, 0.3) is 11.5 Å². The van der Waals surface area contributed by atoms with Crippen molar-refractivity contribution in [1.82, 2.24) is 29.8 Å². The number of aromatic amines is 1. The molecule has 7 nitrogen and oxygen atoms in total. The summed E-state index contributed by atoms with van der Waals surface area (Å²) in [6, 6.07) is 10.0. The van der Waals surface area contributed by atoms with Crippen molar-refractivity contribution in [2.45, 2.75) is 32.6 Å². The Balaban J connectivity index is 1.28. The van der Waals surface area contributed by atoms with Gasteiger partial charge in [0.15, 0.2) is 5.82 Å². The number of imidazole rings is 1. The number of nitrogens with one attached hydrogen (secondary N) is 1. The van der Waals surface area contributed by atoms with Gasteiger partial charge in [-0.1, -0.05) is 12.1 Å². The molecule has 0 spiro atoms. The average molecular weight is 471 g/mol. The fraction of sp³-hybridized carbons (Fsp3) is 0.296. The molecule has 0 saturated carbocycles. The lowest BCUT2D eigenvalue weighted by molar-refractivity contribution is 0.0672. The van der Waals surface area contributed by atoms with E-state index >= 15 is 0 Å². The fourth-order valence-corrected chi connectivity index (χ4v) is 4.68. The number of rotatable bonds is 6. The van der Waals surface area contributed by atoms with E-state index in [1.54, 1.807) is 36.9 Å². The summed E-state index contributed by atoms with van der Waals surface area (Å²) in [5.74, 6) is 0.728. The smallest absolute Gasteiger partial charge is 0.253 e. The monoisotopic (exact) mass is 470 g/mol. The van der Waals surface area contributed by atoms with E-state index in [4.69, 9.17) is 0 Å². The van der Waals surface area contributed by atoms with Crippen molar-refractivity contribution in [3.05, 3.63) is 95.2 Å². The zero-order chi connectivity index (χ0) is 24.2. The molecule has 1 amide bonds. The average Bonchev–Trinajstić information content (AvgIpc) is 3.30. The molecule has 1 N–H and O–H groups in total. The van der Waals surface area contributed by atoms with Gasteiger partial charge in [0.05, 0.1) is 5.69 Å². The van der Waals surface area contributed by atoms with Gasteiger partial charge in [0.1, 0.15) is 11.5 Å². The largest absolute Gasteiger partial charge is 0.341 e. The molecule has 178 valence electrons. The molecule has 0 aliphatic carbocycles. The van der Waals surface area contributed by atoms with E-state index in [-0.39, 0.29) is 17.6 Å². The Bertz CT molecular complexity index is 1340. The number of amides is 1. The first-order chi connectivity index (χ1) is 17.0. The summed E-state index contributed by atoms with van der Waals surface area (Å²) >= 11 is 0. The van der Waals surface area contributed by atoms with E-state index in [2.05, 4.69) is 24.9 Å². The fourth-order valence-electron chi connectivity index (χ4n) is 4.68. The highest BCUT2D eigenvalue weighted by Crippen LogP contribution is 2.25. The van der Waals surface area contributed by atoms with Crippen molar-refractivity contribution < 1.29 is 9.18 Å². The minimum absolute atomic E-state index is 0.00128. The Morgan fingerprint density at radius 2 is 2.00 bits per heavy atom. The minimum atomic E-state index is -0.275. The summed E-state index contributed by atoms with van der Waals surface area (Å²) in [7, 11) is 0. The third kappa shape index (κ3) is 5.42. The summed E-state index contributed by atoms with van der Waals surface area (Å²) in [6.07, 6.45) is 9.99. The summed E-state index contributed by atoms with van der Waals surface area (Å²) in [6.45, 7) is 3.34. The van der Waals surface area contributed by atoms with E-state index in [1.807, 2.05) is 24.0 Å². The number of likely N-dealkylation sites (tertiary alicyclic amines) is 1. The van der Waals surface area contributed by atoms with E-state index in [0.717, 1.165) is 60.0 Å². The number of aromatic nitrogens is 5. The van der Waals surface area contributed by atoms with Gasteiger partial charge in [-0.05, 0) is 61.9 Å². The minimum Gasteiger partial charge on any atom is -0.341 e. The van der Waals surface area contributed by atoms with Gasteiger partial charge in [-0.2, -0.15) is 0 Å². The van der Waals surface area contributed by atoms with Crippen LogP contribution in [-0.2, 0) is 12.8 Å². The molecule has 0 bridgehead atoms. The molecule has 1 aliphatic rings. The second kappa shape index (κ2) is 10.1. The van der Waals surface area contributed by atoms with Crippen molar-refractivity contribution in [3.8, 4) is 11.5 Å². The molecule has 0 unspecified atom stereocenters. The van der Waals surface area contributed by atoms with Crippen LogP contribution in [0.3, 0.4) is 0 Å². The van der Waals surface area contributed by atoms with Crippen LogP contribution in [0.15, 0.2) is 61.2 Å². The molecular weight excluding hydrogens is 443 g/mol.